The van der Waals surface area contributed by atoms with Crippen LogP contribution in [0.15, 0.2) is 0 Å². The molecule has 2 rings (SSSR count). The topological polar surface area (TPSA) is 12.0 Å². The minimum atomic E-state index is 0.543. The average molecular weight is 209 g/mol. The Labute approximate surface area is 95.0 Å². The van der Waals surface area contributed by atoms with Crippen molar-refractivity contribution in [3.8, 4) is 0 Å². The van der Waals surface area contributed by atoms with Gasteiger partial charge in [0.2, 0.25) is 0 Å². The monoisotopic (exact) mass is 209 g/mol. The molecule has 1 nitrogen and oxygen atoms in total. The highest BCUT2D eigenvalue weighted by atomic mass is 15.0. The van der Waals surface area contributed by atoms with Crippen molar-refractivity contribution < 1.29 is 0 Å². The van der Waals surface area contributed by atoms with Gasteiger partial charge in [0.1, 0.15) is 0 Å². The molecule has 0 aromatic heterocycles. The molecule has 15 heavy (non-hydrogen) atoms. The van der Waals surface area contributed by atoms with Crippen LogP contribution in [0, 0.1) is 11.3 Å². The summed E-state index contributed by atoms with van der Waals surface area (Å²) in [5.74, 6) is 0.960. The van der Waals surface area contributed by atoms with E-state index in [1.165, 1.54) is 44.9 Å². The van der Waals surface area contributed by atoms with Crippen molar-refractivity contribution in [1.82, 2.24) is 5.32 Å². The third-order valence-corrected chi connectivity index (χ3v) is 4.86. The zero-order valence-electron chi connectivity index (χ0n) is 10.7. The normalized spacial score (nSPS) is 39.8. The Hall–Kier alpha value is -0.0400. The fraction of sp³-hybridized carbons (Fsp3) is 1.00. The van der Waals surface area contributed by atoms with E-state index in [1.807, 2.05) is 0 Å². The second-order valence-corrected chi connectivity index (χ2v) is 6.31. The van der Waals surface area contributed by atoms with Crippen molar-refractivity contribution in [3.05, 3.63) is 0 Å². The molecule has 1 N–H and O–H groups in total. The van der Waals surface area contributed by atoms with Gasteiger partial charge in [-0.15, -0.1) is 0 Å². The fourth-order valence-corrected chi connectivity index (χ4v) is 3.64. The van der Waals surface area contributed by atoms with Crippen LogP contribution in [-0.4, -0.2) is 12.1 Å². The maximum atomic E-state index is 3.97. The first-order valence-electron chi connectivity index (χ1n) is 6.89. The average Bonchev–Trinajstić information content (AvgIpc) is 2.74. The molecule has 0 amide bonds. The molecule has 2 saturated carbocycles. The summed E-state index contributed by atoms with van der Waals surface area (Å²) < 4.78 is 0. The largest absolute Gasteiger partial charge is 0.310 e. The van der Waals surface area contributed by atoms with E-state index in [-0.39, 0.29) is 0 Å². The molecule has 2 aliphatic rings. The van der Waals surface area contributed by atoms with Gasteiger partial charge in [0.15, 0.2) is 0 Å². The first-order valence-corrected chi connectivity index (χ1v) is 6.89. The van der Waals surface area contributed by atoms with E-state index in [0.717, 1.165) is 18.0 Å². The standard InChI is InChI=1S/C14H27N/c1-4-11-7-5-8-12(11)15-13-9-6-10-14(13,2)3/h11-13,15H,4-10H2,1-3H3. The van der Waals surface area contributed by atoms with Crippen LogP contribution in [0.5, 0.6) is 0 Å². The van der Waals surface area contributed by atoms with E-state index < -0.39 is 0 Å². The highest BCUT2D eigenvalue weighted by Crippen LogP contribution is 2.39. The van der Waals surface area contributed by atoms with Crippen molar-refractivity contribution in [2.75, 3.05) is 0 Å². The molecule has 0 spiro atoms. The lowest BCUT2D eigenvalue weighted by molar-refractivity contribution is 0.239. The summed E-state index contributed by atoms with van der Waals surface area (Å²) in [6, 6.07) is 1.62. The van der Waals surface area contributed by atoms with E-state index in [1.54, 1.807) is 0 Å². The van der Waals surface area contributed by atoms with E-state index in [0.29, 0.717) is 5.41 Å². The zero-order chi connectivity index (χ0) is 10.9. The highest BCUT2D eigenvalue weighted by Gasteiger charge is 2.37. The van der Waals surface area contributed by atoms with Crippen LogP contribution >= 0.6 is 0 Å². The fourth-order valence-electron chi connectivity index (χ4n) is 3.64. The summed E-state index contributed by atoms with van der Waals surface area (Å²) in [6.45, 7) is 7.23. The zero-order valence-corrected chi connectivity index (χ0v) is 10.7. The van der Waals surface area contributed by atoms with E-state index in [9.17, 15) is 0 Å². The quantitative estimate of drug-likeness (QED) is 0.747. The van der Waals surface area contributed by atoms with E-state index >= 15 is 0 Å². The van der Waals surface area contributed by atoms with Crippen LogP contribution in [0.25, 0.3) is 0 Å². The molecule has 0 aliphatic heterocycles. The molecule has 0 radical (unpaired) electrons. The molecule has 0 heterocycles. The molecule has 3 unspecified atom stereocenters. The van der Waals surface area contributed by atoms with Crippen LogP contribution in [0.3, 0.4) is 0 Å². The van der Waals surface area contributed by atoms with Gasteiger partial charge in [0, 0.05) is 12.1 Å². The summed E-state index contributed by atoms with van der Waals surface area (Å²) in [7, 11) is 0. The maximum absolute atomic E-state index is 3.97. The molecule has 2 aliphatic carbocycles. The summed E-state index contributed by atoms with van der Waals surface area (Å²) >= 11 is 0. The lowest BCUT2D eigenvalue weighted by Crippen LogP contribution is -2.45. The molecular weight excluding hydrogens is 182 g/mol. The third kappa shape index (κ3) is 2.38. The van der Waals surface area contributed by atoms with Crippen molar-refractivity contribution in [1.29, 1.82) is 0 Å². The Morgan fingerprint density at radius 1 is 1.13 bits per heavy atom. The Morgan fingerprint density at radius 3 is 2.53 bits per heavy atom. The minimum Gasteiger partial charge on any atom is -0.310 e. The predicted octanol–water partition coefficient (Wildman–Crippen LogP) is 3.73. The number of nitrogens with one attached hydrogen (secondary N) is 1. The SMILES string of the molecule is CCC1CCCC1NC1CCCC1(C)C. The van der Waals surface area contributed by atoms with E-state index in [2.05, 4.69) is 26.1 Å². The van der Waals surface area contributed by atoms with Gasteiger partial charge in [-0.25, -0.2) is 0 Å². The van der Waals surface area contributed by atoms with Crippen LogP contribution < -0.4 is 5.32 Å². The van der Waals surface area contributed by atoms with Gasteiger partial charge in [-0.1, -0.05) is 40.0 Å². The van der Waals surface area contributed by atoms with Crippen molar-refractivity contribution in [2.45, 2.75) is 77.8 Å². The van der Waals surface area contributed by atoms with Crippen LogP contribution in [0.1, 0.15) is 65.7 Å². The van der Waals surface area contributed by atoms with Gasteiger partial charge >= 0.3 is 0 Å². The summed E-state index contributed by atoms with van der Waals surface area (Å²) in [5, 5.41) is 3.97. The van der Waals surface area contributed by atoms with Crippen LogP contribution in [-0.2, 0) is 0 Å². The molecular formula is C14H27N. The Kier molecular flexibility index (Phi) is 3.39. The second-order valence-electron chi connectivity index (χ2n) is 6.31. The molecule has 0 saturated heterocycles. The lowest BCUT2D eigenvalue weighted by atomic mass is 9.86. The van der Waals surface area contributed by atoms with Crippen molar-refractivity contribution in [3.63, 3.8) is 0 Å². The highest BCUT2D eigenvalue weighted by molar-refractivity contribution is 4.94. The van der Waals surface area contributed by atoms with Gasteiger partial charge < -0.3 is 5.32 Å². The van der Waals surface area contributed by atoms with Crippen molar-refractivity contribution in [2.24, 2.45) is 11.3 Å². The molecule has 88 valence electrons. The number of hydrogen-bond acceptors (Lipinski definition) is 1. The smallest absolute Gasteiger partial charge is 0.0121 e. The molecule has 0 aromatic carbocycles. The minimum absolute atomic E-state index is 0.543. The van der Waals surface area contributed by atoms with E-state index in [4.69, 9.17) is 0 Å². The van der Waals surface area contributed by atoms with Gasteiger partial charge in [-0.2, -0.15) is 0 Å². The maximum Gasteiger partial charge on any atom is 0.0121 e. The third-order valence-electron chi connectivity index (χ3n) is 4.86. The predicted molar refractivity (Wildman–Crippen MR) is 66.0 cm³/mol. The summed E-state index contributed by atoms with van der Waals surface area (Å²) in [4.78, 5) is 0. The first-order chi connectivity index (χ1) is 7.13. The summed E-state index contributed by atoms with van der Waals surface area (Å²) in [5.41, 5.74) is 0.543. The van der Waals surface area contributed by atoms with Gasteiger partial charge in [-0.05, 0) is 37.0 Å². The molecule has 0 bridgehead atoms. The van der Waals surface area contributed by atoms with Gasteiger partial charge in [0.05, 0.1) is 0 Å². The Morgan fingerprint density at radius 2 is 1.93 bits per heavy atom. The molecule has 3 atom stereocenters. The van der Waals surface area contributed by atoms with Crippen molar-refractivity contribution >= 4 is 0 Å². The summed E-state index contributed by atoms with van der Waals surface area (Å²) in [6.07, 6.45) is 9.93. The van der Waals surface area contributed by atoms with Gasteiger partial charge in [-0.3, -0.25) is 0 Å². The first kappa shape index (κ1) is 11.4. The second kappa shape index (κ2) is 4.45. The molecule has 2 fully saturated rings. The van der Waals surface area contributed by atoms with Crippen LogP contribution in [0.2, 0.25) is 0 Å². The Bertz CT molecular complexity index is 209. The number of hydrogen-bond donors (Lipinski definition) is 1. The molecule has 0 aromatic rings. The number of rotatable bonds is 3. The van der Waals surface area contributed by atoms with Gasteiger partial charge in [0.25, 0.3) is 0 Å². The molecule has 1 heteroatoms. The van der Waals surface area contributed by atoms with Crippen LogP contribution in [0.4, 0.5) is 0 Å². The lowest BCUT2D eigenvalue weighted by Gasteiger charge is -2.32. The Balaban J connectivity index is 1.91.